The molecule has 0 saturated heterocycles. The summed E-state index contributed by atoms with van der Waals surface area (Å²) in [6.45, 7) is 1.72. The van der Waals surface area contributed by atoms with Crippen molar-refractivity contribution in [1.29, 1.82) is 0 Å². The number of nitrogens with two attached hydrogens (primary N) is 1. The average Bonchev–Trinajstić information content (AvgIpc) is 2.17. The van der Waals surface area contributed by atoms with Crippen LogP contribution in [0, 0.1) is 0 Å². The molecule has 0 aliphatic carbocycles. The van der Waals surface area contributed by atoms with Crippen LogP contribution in [-0.2, 0) is 20.7 Å². The van der Waals surface area contributed by atoms with Crippen molar-refractivity contribution < 1.29 is 17.8 Å². The van der Waals surface area contributed by atoms with Crippen LogP contribution in [0.3, 0.4) is 0 Å². The minimum atomic E-state index is -3.88. The molecule has 5 nitrogen and oxygen atoms in total. The maximum absolute atomic E-state index is 10.4. The van der Waals surface area contributed by atoms with E-state index in [1.807, 2.05) is 0 Å². The molecule has 1 amide bonds. The van der Waals surface area contributed by atoms with Crippen molar-refractivity contribution >= 4 is 16.0 Å². The summed E-state index contributed by atoms with van der Waals surface area (Å²) in [5.41, 5.74) is 5.25. The molecular formula is C10H15NO4S. The largest absolute Gasteiger partial charge is 0.370 e. The maximum Gasteiger partial charge on any atom is 0.269 e. The van der Waals surface area contributed by atoms with Gasteiger partial charge in [-0.05, 0) is 5.56 Å². The highest BCUT2D eigenvalue weighted by Gasteiger charge is 2.04. The summed E-state index contributed by atoms with van der Waals surface area (Å²) < 4.78 is 29.2. The second-order valence-corrected chi connectivity index (χ2v) is 4.48. The normalized spacial score (nSPS) is 10.1. The Kier molecular flexibility index (Phi) is 6.36. The van der Waals surface area contributed by atoms with Gasteiger partial charge in [-0.2, -0.15) is 8.42 Å². The van der Waals surface area contributed by atoms with Crippen molar-refractivity contribution in [3.8, 4) is 0 Å². The Morgan fingerprint density at radius 3 is 2.06 bits per heavy atom. The molecule has 3 N–H and O–H groups in total. The number of carbonyl (C=O) groups excluding carboxylic acids is 1. The predicted octanol–water partition coefficient (Wildman–Crippen LogP) is 0.956. The van der Waals surface area contributed by atoms with E-state index in [0.29, 0.717) is 12.0 Å². The molecular weight excluding hydrogens is 230 g/mol. The van der Waals surface area contributed by atoms with E-state index >= 15 is 0 Å². The van der Waals surface area contributed by atoms with Crippen molar-refractivity contribution in [1.82, 2.24) is 0 Å². The smallest absolute Gasteiger partial charge is 0.269 e. The molecule has 1 aromatic rings. The number of hydrogen-bond donors (Lipinski definition) is 2. The maximum atomic E-state index is 10.4. The zero-order valence-corrected chi connectivity index (χ0v) is 9.78. The van der Waals surface area contributed by atoms with Gasteiger partial charge in [0.1, 0.15) is 5.75 Å². The van der Waals surface area contributed by atoms with Crippen molar-refractivity contribution in [2.45, 2.75) is 19.1 Å². The number of benzene rings is 1. The fourth-order valence-electron chi connectivity index (χ4n) is 0.785. The van der Waals surface area contributed by atoms with Crippen LogP contribution in [0.2, 0.25) is 0 Å². The van der Waals surface area contributed by atoms with E-state index in [9.17, 15) is 13.2 Å². The van der Waals surface area contributed by atoms with Crippen LogP contribution in [0.25, 0.3) is 0 Å². The highest BCUT2D eigenvalue weighted by atomic mass is 32.2. The van der Waals surface area contributed by atoms with Gasteiger partial charge in [-0.1, -0.05) is 37.3 Å². The molecule has 0 aliphatic rings. The zero-order valence-electron chi connectivity index (χ0n) is 8.96. The number of amides is 1. The predicted molar refractivity (Wildman–Crippen MR) is 61.2 cm³/mol. The highest BCUT2D eigenvalue weighted by Crippen LogP contribution is 2.02. The summed E-state index contributed by atoms with van der Waals surface area (Å²) in [5, 5.41) is 0. The minimum absolute atomic E-state index is 0.245. The summed E-state index contributed by atoms with van der Waals surface area (Å²) in [6, 6.07) is 8.52. The summed E-state index contributed by atoms with van der Waals surface area (Å²) in [4.78, 5) is 9.59. The Bertz CT molecular complexity index is 414. The fraction of sp³-hybridized carbons (Fsp3) is 0.300. The Hall–Kier alpha value is -1.40. The third-order valence-electron chi connectivity index (χ3n) is 1.54. The number of primary amides is 1. The van der Waals surface area contributed by atoms with Crippen LogP contribution < -0.4 is 5.73 Å². The Labute approximate surface area is 95.0 Å². The van der Waals surface area contributed by atoms with Gasteiger partial charge in [0.15, 0.2) is 0 Å². The quantitative estimate of drug-likeness (QED) is 0.775. The first-order chi connectivity index (χ1) is 7.35. The van der Waals surface area contributed by atoms with Gasteiger partial charge >= 0.3 is 0 Å². The molecule has 0 atom stereocenters. The lowest BCUT2D eigenvalue weighted by Crippen LogP contribution is -2.06. The van der Waals surface area contributed by atoms with Crippen LogP contribution in [0.1, 0.15) is 18.9 Å². The van der Waals surface area contributed by atoms with E-state index < -0.39 is 10.1 Å². The summed E-state index contributed by atoms with van der Waals surface area (Å²) >= 11 is 0. The molecule has 0 radical (unpaired) electrons. The van der Waals surface area contributed by atoms with Crippen molar-refractivity contribution in [2.24, 2.45) is 5.73 Å². The Morgan fingerprint density at radius 1 is 1.31 bits per heavy atom. The van der Waals surface area contributed by atoms with Crippen LogP contribution >= 0.6 is 0 Å². The van der Waals surface area contributed by atoms with Crippen LogP contribution in [-0.4, -0.2) is 18.9 Å². The molecule has 0 spiro atoms. The molecule has 16 heavy (non-hydrogen) atoms. The molecule has 0 aromatic heterocycles. The first-order valence-corrected chi connectivity index (χ1v) is 6.23. The highest BCUT2D eigenvalue weighted by molar-refractivity contribution is 7.85. The molecule has 0 unspecified atom stereocenters. The lowest BCUT2D eigenvalue weighted by atomic mass is 10.2. The third kappa shape index (κ3) is 9.17. The van der Waals surface area contributed by atoms with E-state index in [1.54, 1.807) is 37.3 Å². The first-order valence-electron chi connectivity index (χ1n) is 4.62. The first kappa shape index (κ1) is 14.6. The number of hydrogen-bond acceptors (Lipinski definition) is 3. The number of rotatable bonds is 3. The summed E-state index contributed by atoms with van der Waals surface area (Å²) in [7, 11) is -3.88. The molecule has 0 aliphatic heterocycles. The van der Waals surface area contributed by atoms with Gasteiger partial charge in [-0.15, -0.1) is 0 Å². The van der Waals surface area contributed by atoms with Crippen molar-refractivity contribution in [2.75, 3.05) is 0 Å². The topological polar surface area (TPSA) is 97.5 Å². The summed E-state index contributed by atoms with van der Waals surface area (Å²) in [5.74, 6) is -0.557. The van der Waals surface area contributed by atoms with Gasteiger partial charge in [0, 0.05) is 6.42 Å². The monoisotopic (exact) mass is 245 g/mol. The molecule has 90 valence electrons. The minimum Gasteiger partial charge on any atom is -0.370 e. The third-order valence-corrected chi connectivity index (χ3v) is 2.24. The van der Waals surface area contributed by atoms with Gasteiger partial charge in [0.05, 0.1) is 0 Å². The molecule has 0 bridgehead atoms. The lowest BCUT2D eigenvalue weighted by molar-refractivity contribution is -0.117. The zero-order chi connectivity index (χ0) is 12.6. The van der Waals surface area contributed by atoms with Crippen LogP contribution in [0.5, 0.6) is 0 Å². The average molecular weight is 245 g/mol. The van der Waals surface area contributed by atoms with E-state index in [2.05, 4.69) is 5.73 Å². The lowest BCUT2D eigenvalue weighted by Gasteiger charge is -1.95. The van der Waals surface area contributed by atoms with Crippen molar-refractivity contribution in [3.63, 3.8) is 0 Å². The Morgan fingerprint density at radius 2 is 1.75 bits per heavy atom. The van der Waals surface area contributed by atoms with Gasteiger partial charge in [-0.3, -0.25) is 9.35 Å². The van der Waals surface area contributed by atoms with Crippen LogP contribution in [0.4, 0.5) is 0 Å². The van der Waals surface area contributed by atoms with E-state index in [4.69, 9.17) is 4.55 Å². The molecule has 6 heteroatoms. The van der Waals surface area contributed by atoms with Crippen LogP contribution in [0.15, 0.2) is 30.3 Å². The fourth-order valence-corrected chi connectivity index (χ4v) is 1.40. The molecule has 1 aromatic carbocycles. The van der Waals surface area contributed by atoms with Gasteiger partial charge in [0.2, 0.25) is 5.91 Å². The SMILES string of the molecule is CCC(N)=O.O=S(=O)(O)Cc1ccccc1. The summed E-state index contributed by atoms with van der Waals surface area (Å²) in [6.07, 6.45) is 0.444. The molecule has 1 rings (SSSR count). The standard InChI is InChI=1S/C7H8O3S.C3H7NO/c8-11(9,10)6-7-4-2-1-3-5-7;1-2-3(4)5/h1-5H,6H2,(H,8,9,10);2H2,1H3,(H2,4,5). The Balaban J connectivity index is 0.000000385. The van der Waals surface area contributed by atoms with Crippen molar-refractivity contribution in [3.05, 3.63) is 35.9 Å². The van der Waals surface area contributed by atoms with E-state index in [1.165, 1.54) is 0 Å². The molecule has 0 saturated carbocycles. The van der Waals surface area contributed by atoms with Gasteiger partial charge in [0.25, 0.3) is 10.1 Å². The van der Waals surface area contributed by atoms with Gasteiger partial charge in [-0.25, -0.2) is 0 Å². The molecule has 0 heterocycles. The second-order valence-electron chi connectivity index (χ2n) is 3.03. The molecule has 0 fully saturated rings. The second kappa shape index (κ2) is 6.97. The van der Waals surface area contributed by atoms with Gasteiger partial charge < -0.3 is 5.73 Å². The number of carbonyl (C=O) groups is 1. The van der Waals surface area contributed by atoms with E-state index in [0.717, 1.165) is 0 Å². The van der Waals surface area contributed by atoms with E-state index in [-0.39, 0.29) is 11.7 Å².